The van der Waals surface area contributed by atoms with Gasteiger partial charge < -0.3 is 25.4 Å². The largest absolute Gasteiger partial charge is 0.494 e. The molecule has 1 aromatic carbocycles. The molecule has 0 bridgehead atoms. The fourth-order valence-electron chi connectivity index (χ4n) is 2.73. The van der Waals surface area contributed by atoms with Crippen molar-refractivity contribution in [2.45, 2.75) is 45.9 Å². The smallest absolute Gasteiger partial charge is 0.317 e. The van der Waals surface area contributed by atoms with E-state index >= 15 is 0 Å². The van der Waals surface area contributed by atoms with Gasteiger partial charge in [0.25, 0.3) is 0 Å². The molecule has 2 atom stereocenters. The number of ether oxygens (including phenoxy) is 2. The summed E-state index contributed by atoms with van der Waals surface area (Å²) >= 11 is 0. The summed E-state index contributed by atoms with van der Waals surface area (Å²) in [7, 11) is 0. The first kappa shape index (κ1) is 19.1. The Morgan fingerprint density at radius 2 is 2.16 bits per heavy atom. The molecule has 1 saturated heterocycles. The number of urea groups is 1. The van der Waals surface area contributed by atoms with Crippen LogP contribution in [0, 0.1) is 6.92 Å². The van der Waals surface area contributed by atoms with Crippen LogP contribution in [-0.2, 0) is 16.1 Å². The van der Waals surface area contributed by atoms with Gasteiger partial charge in [-0.05, 0) is 43.5 Å². The molecule has 138 valence electrons. The number of nitrogens with zero attached hydrogens (tertiary/aromatic N) is 1. The number of amides is 3. The number of carbonyl (C=O) groups is 2. The molecule has 0 radical (unpaired) electrons. The van der Waals surface area contributed by atoms with E-state index in [0.29, 0.717) is 19.7 Å². The van der Waals surface area contributed by atoms with Crippen LogP contribution in [0.5, 0.6) is 5.75 Å². The lowest BCUT2D eigenvalue weighted by Crippen LogP contribution is -2.55. The van der Waals surface area contributed by atoms with Crippen LogP contribution in [0.3, 0.4) is 0 Å². The summed E-state index contributed by atoms with van der Waals surface area (Å²) in [4.78, 5) is 25.3. The molecule has 1 heterocycles. The van der Waals surface area contributed by atoms with Crippen LogP contribution in [0.4, 0.5) is 4.79 Å². The molecule has 0 spiro atoms. The average molecular weight is 349 g/mol. The van der Waals surface area contributed by atoms with Crippen molar-refractivity contribution >= 4 is 11.9 Å². The molecule has 1 aliphatic rings. The predicted molar refractivity (Wildman–Crippen MR) is 94.3 cm³/mol. The van der Waals surface area contributed by atoms with E-state index in [0.717, 1.165) is 23.3 Å². The molecule has 2 rings (SSSR count). The van der Waals surface area contributed by atoms with Crippen molar-refractivity contribution in [3.8, 4) is 5.75 Å². The van der Waals surface area contributed by atoms with E-state index < -0.39 is 12.0 Å². The van der Waals surface area contributed by atoms with E-state index in [2.05, 4.69) is 12.2 Å². The number of morpholine rings is 1. The summed E-state index contributed by atoms with van der Waals surface area (Å²) in [6.07, 6.45) is -0.0267. The highest BCUT2D eigenvalue weighted by atomic mass is 16.5. The van der Waals surface area contributed by atoms with Crippen LogP contribution in [-0.4, -0.2) is 48.7 Å². The van der Waals surface area contributed by atoms with Crippen LogP contribution in [0.25, 0.3) is 0 Å². The minimum atomic E-state index is -0.758. The summed E-state index contributed by atoms with van der Waals surface area (Å²) in [5.74, 6) is 0.281. The lowest BCUT2D eigenvalue weighted by Gasteiger charge is -2.35. The number of primary amides is 1. The number of hydrogen-bond acceptors (Lipinski definition) is 4. The minimum Gasteiger partial charge on any atom is -0.494 e. The van der Waals surface area contributed by atoms with Crippen molar-refractivity contribution in [2.24, 2.45) is 5.73 Å². The molecule has 3 amide bonds. The predicted octanol–water partition coefficient (Wildman–Crippen LogP) is 1.57. The van der Waals surface area contributed by atoms with Gasteiger partial charge in [0.2, 0.25) is 5.91 Å². The monoisotopic (exact) mass is 349 g/mol. The maximum absolute atomic E-state index is 12.4. The first-order valence-electron chi connectivity index (χ1n) is 8.60. The molecule has 1 aliphatic heterocycles. The lowest BCUT2D eigenvalue weighted by atomic mass is 10.1. The second kappa shape index (κ2) is 8.71. The van der Waals surface area contributed by atoms with Crippen LogP contribution < -0.4 is 15.8 Å². The molecule has 25 heavy (non-hydrogen) atoms. The van der Waals surface area contributed by atoms with Crippen LogP contribution in [0.2, 0.25) is 0 Å². The highest BCUT2D eigenvalue weighted by Gasteiger charge is 2.31. The maximum Gasteiger partial charge on any atom is 0.317 e. The second-order valence-electron chi connectivity index (χ2n) is 6.34. The average Bonchev–Trinajstić information content (AvgIpc) is 2.58. The molecule has 1 fully saturated rings. The van der Waals surface area contributed by atoms with Gasteiger partial charge in [-0.25, -0.2) is 4.79 Å². The Morgan fingerprint density at radius 3 is 2.80 bits per heavy atom. The number of nitrogens with two attached hydrogens (primary N) is 1. The van der Waals surface area contributed by atoms with Crippen molar-refractivity contribution in [1.82, 2.24) is 10.2 Å². The van der Waals surface area contributed by atoms with Crippen molar-refractivity contribution in [3.63, 3.8) is 0 Å². The van der Waals surface area contributed by atoms with E-state index in [1.807, 2.05) is 32.0 Å². The Labute approximate surface area is 148 Å². The molecular formula is C18H27N3O4. The third-order valence-electron chi connectivity index (χ3n) is 4.08. The summed E-state index contributed by atoms with van der Waals surface area (Å²) < 4.78 is 11.0. The number of hydrogen-bond donors (Lipinski definition) is 2. The first-order valence-corrected chi connectivity index (χ1v) is 8.60. The molecule has 3 N–H and O–H groups in total. The van der Waals surface area contributed by atoms with E-state index in [9.17, 15) is 9.59 Å². The zero-order valence-corrected chi connectivity index (χ0v) is 15.1. The van der Waals surface area contributed by atoms with Crippen molar-refractivity contribution in [3.05, 3.63) is 29.3 Å². The van der Waals surface area contributed by atoms with Crippen LogP contribution >= 0.6 is 0 Å². The number of rotatable bonds is 6. The Hall–Kier alpha value is -2.28. The Morgan fingerprint density at radius 1 is 1.40 bits per heavy atom. The standard InChI is InChI=1S/C18H27N3O4/c1-4-7-24-15-6-5-14(12(2)8-15)9-20-18(23)21-10-13(3)25-16(11-21)17(19)22/h5-6,8,13,16H,4,7,9-11H2,1-3H3,(H2,19,22)(H,20,23)/t13-,16?/m1/s1. The summed E-state index contributed by atoms with van der Waals surface area (Å²) in [5.41, 5.74) is 7.36. The number of carbonyl (C=O) groups excluding carboxylic acids is 2. The van der Waals surface area contributed by atoms with E-state index in [4.69, 9.17) is 15.2 Å². The number of aryl methyl sites for hydroxylation is 1. The fraction of sp³-hybridized carbons (Fsp3) is 0.556. The molecular weight excluding hydrogens is 322 g/mol. The molecule has 0 aromatic heterocycles. The summed E-state index contributed by atoms with van der Waals surface area (Å²) in [6.45, 7) is 7.56. The van der Waals surface area contributed by atoms with E-state index in [1.54, 1.807) is 4.90 Å². The second-order valence-corrected chi connectivity index (χ2v) is 6.34. The number of nitrogens with one attached hydrogen (secondary N) is 1. The van der Waals surface area contributed by atoms with Gasteiger partial charge in [-0.2, -0.15) is 0 Å². The topological polar surface area (TPSA) is 93.9 Å². The Bertz CT molecular complexity index is 620. The molecule has 0 aliphatic carbocycles. The van der Waals surface area contributed by atoms with Crippen molar-refractivity contribution < 1.29 is 19.1 Å². The highest BCUT2D eigenvalue weighted by Crippen LogP contribution is 2.18. The maximum atomic E-state index is 12.4. The van der Waals surface area contributed by atoms with Gasteiger partial charge in [0.15, 0.2) is 6.10 Å². The minimum absolute atomic E-state index is 0.175. The van der Waals surface area contributed by atoms with Gasteiger partial charge >= 0.3 is 6.03 Å². The Kier molecular flexibility index (Phi) is 6.64. The quantitative estimate of drug-likeness (QED) is 0.815. The molecule has 7 heteroatoms. The van der Waals surface area contributed by atoms with Gasteiger partial charge in [-0.15, -0.1) is 0 Å². The zero-order chi connectivity index (χ0) is 18.4. The Balaban J connectivity index is 1.92. The van der Waals surface area contributed by atoms with Gasteiger partial charge in [-0.3, -0.25) is 4.79 Å². The van der Waals surface area contributed by atoms with Gasteiger partial charge in [0.1, 0.15) is 5.75 Å². The fourth-order valence-corrected chi connectivity index (χ4v) is 2.73. The zero-order valence-electron chi connectivity index (χ0n) is 15.1. The molecule has 1 unspecified atom stereocenters. The molecule has 1 aromatic rings. The first-order chi connectivity index (χ1) is 11.9. The van der Waals surface area contributed by atoms with Crippen LogP contribution in [0.15, 0.2) is 18.2 Å². The highest BCUT2D eigenvalue weighted by molar-refractivity contribution is 5.81. The van der Waals surface area contributed by atoms with Gasteiger partial charge in [0, 0.05) is 13.1 Å². The van der Waals surface area contributed by atoms with Crippen LogP contribution in [0.1, 0.15) is 31.4 Å². The van der Waals surface area contributed by atoms with E-state index in [1.165, 1.54) is 0 Å². The third-order valence-corrected chi connectivity index (χ3v) is 4.08. The van der Waals surface area contributed by atoms with Gasteiger partial charge in [0.05, 0.1) is 19.3 Å². The SMILES string of the molecule is CCCOc1ccc(CNC(=O)N2CC(C(N)=O)O[C@H](C)C2)c(C)c1. The number of benzene rings is 1. The summed E-state index contributed by atoms with van der Waals surface area (Å²) in [6, 6.07) is 5.60. The third kappa shape index (κ3) is 5.35. The van der Waals surface area contributed by atoms with E-state index in [-0.39, 0.29) is 18.7 Å². The lowest BCUT2D eigenvalue weighted by molar-refractivity contribution is -0.139. The molecule has 0 saturated carbocycles. The van der Waals surface area contributed by atoms with Crippen molar-refractivity contribution in [1.29, 1.82) is 0 Å². The normalized spacial score (nSPS) is 20.2. The molecule has 7 nitrogen and oxygen atoms in total. The van der Waals surface area contributed by atoms with Crippen molar-refractivity contribution in [2.75, 3.05) is 19.7 Å². The summed E-state index contributed by atoms with van der Waals surface area (Å²) in [5, 5.41) is 2.89. The van der Waals surface area contributed by atoms with Gasteiger partial charge in [-0.1, -0.05) is 13.0 Å².